The molecule has 0 atom stereocenters. The number of aromatic nitrogens is 2. The molecule has 106 valence electrons. The highest BCUT2D eigenvalue weighted by Gasteiger charge is 2.20. The molecule has 1 aromatic heterocycles. The summed E-state index contributed by atoms with van der Waals surface area (Å²) in [4.78, 5) is 4.47. The first-order chi connectivity index (χ1) is 10.3. The zero-order chi connectivity index (χ0) is 14.2. The van der Waals surface area contributed by atoms with E-state index in [1.165, 1.54) is 18.4 Å². The zero-order valence-corrected chi connectivity index (χ0v) is 12.3. The maximum absolute atomic E-state index is 6.21. The van der Waals surface area contributed by atoms with Crippen molar-refractivity contribution in [2.45, 2.75) is 25.4 Å². The van der Waals surface area contributed by atoms with Crippen molar-refractivity contribution in [3.05, 3.63) is 59.4 Å². The van der Waals surface area contributed by atoms with Crippen molar-refractivity contribution in [2.75, 3.05) is 0 Å². The van der Waals surface area contributed by atoms with Crippen LogP contribution >= 0.6 is 11.6 Å². The van der Waals surface area contributed by atoms with Gasteiger partial charge in [0.15, 0.2) is 0 Å². The van der Waals surface area contributed by atoms with Crippen molar-refractivity contribution < 1.29 is 0 Å². The number of imidazole rings is 1. The van der Waals surface area contributed by atoms with Gasteiger partial charge in [-0.2, -0.15) is 0 Å². The molecule has 3 nitrogen and oxygen atoms in total. The summed E-state index contributed by atoms with van der Waals surface area (Å²) in [5.74, 6) is 0. The molecule has 2 aromatic carbocycles. The van der Waals surface area contributed by atoms with Gasteiger partial charge < -0.3 is 5.32 Å². The molecule has 1 saturated carbocycles. The fourth-order valence-corrected chi connectivity index (χ4v) is 2.77. The molecule has 21 heavy (non-hydrogen) atoms. The first-order valence-electron chi connectivity index (χ1n) is 7.25. The maximum Gasteiger partial charge on any atom is 0.100 e. The minimum atomic E-state index is 0.688. The topological polar surface area (TPSA) is 29.9 Å². The van der Waals surface area contributed by atoms with Crippen molar-refractivity contribution in [1.29, 1.82) is 0 Å². The number of nitrogens with zero attached hydrogens (tertiary/aromatic N) is 2. The number of fused-ring (bicyclic) bond motifs is 1. The van der Waals surface area contributed by atoms with E-state index in [0.29, 0.717) is 6.04 Å². The van der Waals surface area contributed by atoms with Gasteiger partial charge in [-0.05, 0) is 42.7 Å². The van der Waals surface area contributed by atoms with Gasteiger partial charge in [0.05, 0.1) is 16.7 Å². The number of benzene rings is 2. The molecule has 1 N–H and O–H groups in total. The summed E-state index contributed by atoms with van der Waals surface area (Å²) >= 11 is 6.21. The number of halogens is 1. The van der Waals surface area contributed by atoms with Gasteiger partial charge in [0.2, 0.25) is 0 Å². The number of hydrogen-bond acceptors (Lipinski definition) is 2. The summed E-state index contributed by atoms with van der Waals surface area (Å²) in [6.07, 6.45) is 4.45. The van der Waals surface area contributed by atoms with Crippen LogP contribution in [0.1, 0.15) is 18.4 Å². The lowest BCUT2D eigenvalue weighted by molar-refractivity contribution is 0.685. The molecule has 1 heterocycles. The number of nitrogens with one attached hydrogen (secondary N) is 1. The Morgan fingerprint density at radius 3 is 2.90 bits per heavy atom. The molecule has 0 unspecified atom stereocenters. The van der Waals surface area contributed by atoms with E-state index >= 15 is 0 Å². The molecule has 0 saturated heterocycles. The third kappa shape index (κ3) is 2.55. The normalized spacial score (nSPS) is 14.7. The molecular weight excluding hydrogens is 282 g/mol. The van der Waals surface area contributed by atoms with E-state index in [9.17, 15) is 0 Å². The Hall–Kier alpha value is -1.84. The van der Waals surface area contributed by atoms with Crippen LogP contribution in [0.25, 0.3) is 16.7 Å². The van der Waals surface area contributed by atoms with Gasteiger partial charge in [-0.3, -0.25) is 4.57 Å². The number of hydrogen-bond donors (Lipinski definition) is 1. The lowest BCUT2D eigenvalue weighted by Gasteiger charge is -2.12. The summed E-state index contributed by atoms with van der Waals surface area (Å²) in [6.45, 7) is 0.865. The molecule has 1 fully saturated rings. The highest BCUT2D eigenvalue weighted by molar-refractivity contribution is 6.30. The monoisotopic (exact) mass is 297 g/mol. The second kappa shape index (κ2) is 5.17. The van der Waals surface area contributed by atoms with Crippen LogP contribution in [0.4, 0.5) is 0 Å². The van der Waals surface area contributed by atoms with Gasteiger partial charge in [-0.25, -0.2) is 4.98 Å². The van der Waals surface area contributed by atoms with Crippen molar-refractivity contribution in [1.82, 2.24) is 14.9 Å². The molecule has 0 spiro atoms. The van der Waals surface area contributed by atoms with E-state index < -0.39 is 0 Å². The summed E-state index contributed by atoms with van der Waals surface area (Å²) in [5, 5.41) is 4.31. The lowest BCUT2D eigenvalue weighted by atomic mass is 10.1. The number of rotatable bonds is 4. The van der Waals surface area contributed by atoms with Crippen LogP contribution in [-0.2, 0) is 6.54 Å². The van der Waals surface area contributed by atoms with Gasteiger partial charge in [-0.1, -0.05) is 29.8 Å². The molecule has 0 bridgehead atoms. The van der Waals surface area contributed by atoms with Crippen molar-refractivity contribution in [3.63, 3.8) is 0 Å². The van der Waals surface area contributed by atoms with Crippen LogP contribution < -0.4 is 5.32 Å². The Morgan fingerprint density at radius 1 is 1.19 bits per heavy atom. The van der Waals surface area contributed by atoms with Crippen LogP contribution in [0.5, 0.6) is 0 Å². The molecule has 0 amide bonds. The molecule has 0 radical (unpaired) electrons. The SMILES string of the molecule is Clc1ccc(CNC2CC2)c(-n2cnc3ccccc32)c1. The molecule has 4 rings (SSSR count). The summed E-state index contributed by atoms with van der Waals surface area (Å²) in [6, 6.07) is 14.9. The minimum Gasteiger partial charge on any atom is -0.310 e. The minimum absolute atomic E-state index is 0.688. The predicted octanol–water partition coefficient (Wildman–Crippen LogP) is 3.93. The first kappa shape index (κ1) is 12.9. The number of para-hydroxylation sites is 2. The highest BCUT2D eigenvalue weighted by atomic mass is 35.5. The van der Waals surface area contributed by atoms with E-state index in [1.54, 1.807) is 0 Å². The highest BCUT2D eigenvalue weighted by Crippen LogP contribution is 2.26. The average molecular weight is 298 g/mol. The van der Waals surface area contributed by atoms with E-state index in [-0.39, 0.29) is 0 Å². The quantitative estimate of drug-likeness (QED) is 0.791. The van der Waals surface area contributed by atoms with E-state index in [4.69, 9.17) is 11.6 Å². The summed E-state index contributed by atoms with van der Waals surface area (Å²) < 4.78 is 2.12. The average Bonchev–Trinajstić information content (AvgIpc) is 3.23. The zero-order valence-electron chi connectivity index (χ0n) is 11.6. The fraction of sp³-hybridized carbons (Fsp3) is 0.235. The first-order valence-corrected chi connectivity index (χ1v) is 7.63. The third-order valence-electron chi connectivity index (χ3n) is 3.92. The Balaban J connectivity index is 1.80. The van der Waals surface area contributed by atoms with Crippen molar-refractivity contribution in [3.8, 4) is 5.69 Å². The summed E-state index contributed by atoms with van der Waals surface area (Å²) in [7, 11) is 0. The van der Waals surface area contributed by atoms with Gasteiger partial charge in [0, 0.05) is 17.6 Å². The lowest BCUT2D eigenvalue weighted by Crippen LogP contribution is -2.16. The van der Waals surface area contributed by atoms with Crippen LogP contribution in [0.15, 0.2) is 48.8 Å². The largest absolute Gasteiger partial charge is 0.310 e. The van der Waals surface area contributed by atoms with Gasteiger partial charge in [-0.15, -0.1) is 0 Å². The second-order valence-electron chi connectivity index (χ2n) is 5.53. The molecule has 1 aliphatic carbocycles. The van der Waals surface area contributed by atoms with Crippen LogP contribution in [0, 0.1) is 0 Å². The standard InChI is InChI=1S/C17H16ClN3/c18-13-6-5-12(10-19-14-7-8-14)17(9-13)21-11-20-15-3-1-2-4-16(15)21/h1-6,9,11,14,19H,7-8,10H2. The van der Waals surface area contributed by atoms with E-state index in [0.717, 1.165) is 28.3 Å². The Kier molecular flexibility index (Phi) is 3.17. The molecule has 4 heteroatoms. The molecule has 0 aliphatic heterocycles. The smallest absolute Gasteiger partial charge is 0.100 e. The molecule has 3 aromatic rings. The molecule has 1 aliphatic rings. The van der Waals surface area contributed by atoms with Gasteiger partial charge >= 0.3 is 0 Å². The van der Waals surface area contributed by atoms with Crippen molar-refractivity contribution in [2.24, 2.45) is 0 Å². The van der Waals surface area contributed by atoms with Gasteiger partial charge in [0.1, 0.15) is 6.33 Å². The Morgan fingerprint density at radius 2 is 2.05 bits per heavy atom. The van der Waals surface area contributed by atoms with Crippen LogP contribution in [-0.4, -0.2) is 15.6 Å². The molecular formula is C17H16ClN3. The Bertz CT molecular complexity index is 790. The summed E-state index contributed by atoms with van der Waals surface area (Å²) in [5.41, 5.74) is 4.45. The fourth-order valence-electron chi connectivity index (χ4n) is 2.60. The third-order valence-corrected chi connectivity index (χ3v) is 4.15. The van der Waals surface area contributed by atoms with Gasteiger partial charge in [0.25, 0.3) is 0 Å². The second-order valence-corrected chi connectivity index (χ2v) is 5.97. The van der Waals surface area contributed by atoms with Crippen LogP contribution in [0.2, 0.25) is 5.02 Å². The van der Waals surface area contributed by atoms with E-state index in [1.807, 2.05) is 36.7 Å². The Labute approximate surface area is 128 Å². The van der Waals surface area contributed by atoms with E-state index in [2.05, 4.69) is 27.0 Å². The van der Waals surface area contributed by atoms with Crippen LogP contribution in [0.3, 0.4) is 0 Å². The maximum atomic E-state index is 6.21. The predicted molar refractivity (Wildman–Crippen MR) is 85.9 cm³/mol. The van der Waals surface area contributed by atoms with Crippen molar-refractivity contribution >= 4 is 22.6 Å².